The normalized spacial score (nSPS) is 10.4. The molecule has 1 amide bonds. The van der Waals surface area contributed by atoms with Crippen LogP contribution in [0.1, 0.15) is 23.5 Å². The molecule has 17 heavy (non-hydrogen) atoms. The molecule has 0 atom stereocenters. The summed E-state index contributed by atoms with van der Waals surface area (Å²) in [6, 6.07) is 0. The predicted octanol–water partition coefficient (Wildman–Crippen LogP) is -0.627. The van der Waals surface area contributed by atoms with Gasteiger partial charge in [-0.1, -0.05) is 0 Å². The van der Waals surface area contributed by atoms with E-state index in [4.69, 9.17) is 9.47 Å². The molecule has 0 bridgehead atoms. The standard InChI is InChI=1S/C9H17N5O3/c1-16-6-7-17-5-3-2-4-10-9(15)8-11-13-14-12-8/h2-7H2,1H3,(H,10,15)(H,11,12,13,14). The van der Waals surface area contributed by atoms with Crippen molar-refractivity contribution < 1.29 is 14.3 Å². The van der Waals surface area contributed by atoms with Gasteiger partial charge in [-0.25, -0.2) is 0 Å². The molecule has 8 heteroatoms. The molecule has 0 radical (unpaired) electrons. The van der Waals surface area contributed by atoms with Gasteiger partial charge < -0.3 is 14.8 Å². The van der Waals surface area contributed by atoms with Crippen LogP contribution in [0.15, 0.2) is 0 Å². The molecule has 2 N–H and O–H groups in total. The molecule has 0 saturated heterocycles. The van der Waals surface area contributed by atoms with Crippen LogP contribution in [0.5, 0.6) is 0 Å². The second-order valence-corrected chi connectivity index (χ2v) is 3.30. The fraction of sp³-hybridized carbons (Fsp3) is 0.778. The van der Waals surface area contributed by atoms with Gasteiger partial charge in [0, 0.05) is 20.3 Å². The first-order chi connectivity index (χ1) is 8.34. The van der Waals surface area contributed by atoms with E-state index in [1.165, 1.54) is 0 Å². The number of unbranched alkanes of at least 4 members (excludes halogenated alkanes) is 1. The fourth-order valence-corrected chi connectivity index (χ4v) is 1.11. The highest BCUT2D eigenvalue weighted by Crippen LogP contribution is 1.90. The summed E-state index contributed by atoms with van der Waals surface area (Å²) in [5.74, 6) is -0.264. The van der Waals surface area contributed by atoms with E-state index in [9.17, 15) is 4.79 Å². The van der Waals surface area contributed by atoms with Crippen molar-refractivity contribution >= 4 is 5.91 Å². The molecule has 0 fully saturated rings. The zero-order valence-electron chi connectivity index (χ0n) is 9.81. The number of hydrogen-bond donors (Lipinski definition) is 2. The number of hydrogen-bond acceptors (Lipinski definition) is 6. The fourth-order valence-electron chi connectivity index (χ4n) is 1.11. The van der Waals surface area contributed by atoms with Crippen molar-refractivity contribution in [3.8, 4) is 0 Å². The summed E-state index contributed by atoms with van der Waals surface area (Å²) in [4.78, 5) is 11.3. The van der Waals surface area contributed by atoms with Crippen molar-refractivity contribution in [2.24, 2.45) is 0 Å². The summed E-state index contributed by atoms with van der Waals surface area (Å²) < 4.78 is 10.1. The Balaban J connectivity index is 1.92. The summed E-state index contributed by atoms with van der Waals surface area (Å²) >= 11 is 0. The Bertz CT molecular complexity index is 304. The molecule has 96 valence electrons. The number of nitrogens with one attached hydrogen (secondary N) is 2. The van der Waals surface area contributed by atoms with Crippen LogP contribution in [0.4, 0.5) is 0 Å². The van der Waals surface area contributed by atoms with Gasteiger partial charge >= 0.3 is 0 Å². The third kappa shape index (κ3) is 5.93. The molecule has 0 aromatic carbocycles. The molecule has 0 aliphatic carbocycles. The van der Waals surface area contributed by atoms with Gasteiger partial charge in [-0.05, 0) is 18.1 Å². The van der Waals surface area contributed by atoms with Gasteiger partial charge in [-0.3, -0.25) is 4.79 Å². The van der Waals surface area contributed by atoms with E-state index in [-0.39, 0.29) is 11.7 Å². The molecule has 0 aliphatic heterocycles. The number of H-pyrrole nitrogens is 1. The quantitative estimate of drug-likeness (QED) is 0.560. The van der Waals surface area contributed by atoms with E-state index in [1.807, 2.05) is 0 Å². The van der Waals surface area contributed by atoms with Crippen LogP contribution < -0.4 is 5.32 Å². The average Bonchev–Trinajstić information content (AvgIpc) is 2.86. The molecule has 1 aromatic rings. The maximum Gasteiger partial charge on any atom is 0.292 e. The van der Waals surface area contributed by atoms with Crippen LogP contribution in [-0.2, 0) is 9.47 Å². The summed E-state index contributed by atoms with van der Waals surface area (Å²) in [5, 5.41) is 15.3. The maximum absolute atomic E-state index is 11.3. The summed E-state index contributed by atoms with van der Waals surface area (Å²) in [5.41, 5.74) is 0. The van der Waals surface area contributed by atoms with Crippen molar-refractivity contribution in [1.29, 1.82) is 0 Å². The zero-order valence-corrected chi connectivity index (χ0v) is 9.81. The SMILES string of the molecule is COCCOCCCCNC(=O)c1nn[nH]n1. The Morgan fingerprint density at radius 1 is 1.35 bits per heavy atom. The molecule has 1 rings (SSSR count). The number of aromatic amines is 1. The highest BCUT2D eigenvalue weighted by molar-refractivity contribution is 5.89. The van der Waals surface area contributed by atoms with Gasteiger partial charge in [0.2, 0.25) is 0 Å². The molecule has 8 nitrogen and oxygen atoms in total. The first kappa shape index (κ1) is 13.5. The monoisotopic (exact) mass is 243 g/mol. The third-order valence-electron chi connectivity index (χ3n) is 1.98. The lowest BCUT2D eigenvalue weighted by Gasteiger charge is -2.04. The zero-order chi connectivity index (χ0) is 12.3. The first-order valence-corrected chi connectivity index (χ1v) is 5.43. The third-order valence-corrected chi connectivity index (χ3v) is 1.98. The van der Waals surface area contributed by atoms with Crippen molar-refractivity contribution in [3.05, 3.63) is 5.82 Å². The molecule has 0 spiro atoms. The number of amides is 1. The van der Waals surface area contributed by atoms with Crippen LogP contribution in [-0.4, -0.2) is 60.0 Å². The number of carbonyl (C=O) groups is 1. The largest absolute Gasteiger partial charge is 0.382 e. The van der Waals surface area contributed by atoms with Crippen molar-refractivity contribution in [2.45, 2.75) is 12.8 Å². The Labute approximate surface area is 99.1 Å². The Hall–Kier alpha value is -1.54. The molecule has 0 aliphatic rings. The average molecular weight is 243 g/mol. The molecule has 1 aromatic heterocycles. The Morgan fingerprint density at radius 2 is 2.24 bits per heavy atom. The second-order valence-electron chi connectivity index (χ2n) is 3.30. The minimum Gasteiger partial charge on any atom is -0.382 e. The van der Waals surface area contributed by atoms with Crippen molar-refractivity contribution in [3.63, 3.8) is 0 Å². The van der Waals surface area contributed by atoms with Gasteiger partial charge in [0.05, 0.1) is 13.2 Å². The number of carbonyl (C=O) groups excluding carboxylic acids is 1. The van der Waals surface area contributed by atoms with E-state index in [1.54, 1.807) is 7.11 Å². The molecular weight excluding hydrogens is 226 g/mol. The van der Waals surface area contributed by atoms with Crippen LogP contribution >= 0.6 is 0 Å². The van der Waals surface area contributed by atoms with Gasteiger partial charge in [0.25, 0.3) is 11.7 Å². The number of methoxy groups -OCH3 is 1. The Morgan fingerprint density at radius 3 is 2.94 bits per heavy atom. The number of tetrazole rings is 1. The number of nitrogens with zero attached hydrogens (tertiary/aromatic N) is 3. The van der Waals surface area contributed by atoms with Gasteiger partial charge in [0.1, 0.15) is 0 Å². The van der Waals surface area contributed by atoms with E-state index < -0.39 is 0 Å². The molecular formula is C9H17N5O3. The van der Waals surface area contributed by atoms with Gasteiger partial charge in [-0.15, -0.1) is 10.2 Å². The lowest BCUT2D eigenvalue weighted by molar-refractivity contribution is 0.0686. The van der Waals surface area contributed by atoms with E-state index in [0.717, 1.165) is 12.8 Å². The number of rotatable bonds is 9. The van der Waals surface area contributed by atoms with E-state index in [0.29, 0.717) is 26.4 Å². The maximum atomic E-state index is 11.3. The summed E-state index contributed by atoms with van der Waals surface area (Å²) in [6.07, 6.45) is 1.73. The second kappa shape index (κ2) is 8.59. The Kier molecular flexibility index (Phi) is 6.84. The van der Waals surface area contributed by atoms with Crippen LogP contribution in [0.3, 0.4) is 0 Å². The number of ether oxygens (including phenoxy) is 2. The molecule has 1 heterocycles. The summed E-state index contributed by atoms with van der Waals surface area (Å²) in [7, 11) is 1.64. The lowest BCUT2D eigenvalue weighted by atomic mass is 10.3. The van der Waals surface area contributed by atoms with Gasteiger partial charge in [0.15, 0.2) is 0 Å². The van der Waals surface area contributed by atoms with Crippen LogP contribution in [0, 0.1) is 0 Å². The van der Waals surface area contributed by atoms with Crippen molar-refractivity contribution in [2.75, 3.05) is 33.5 Å². The minimum absolute atomic E-state index is 0.0568. The topological polar surface area (TPSA) is 102 Å². The molecule has 0 saturated carbocycles. The van der Waals surface area contributed by atoms with Gasteiger partial charge in [-0.2, -0.15) is 5.21 Å². The number of aromatic nitrogens is 4. The smallest absolute Gasteiger partial charge is 0.292 e. The summed E-state index contributed by atoms with van der Waals surface area (Å²) in [6.45, 7) is 2.45. The minimum atomic E-state index is -0.320. The highest BCUT2D eigenvalue weighted by atomic mass is 16.5. The van der Waals surface area contributed by atoms with E-state index in [2.05, 4.69) is 25.9 Å². The van der Waals surface area contributed by atoms with Crippen LogP contribution in [0.2, 0.25) is 0 Å². The predicted molar refractivity (Wildman–Crippen MR) is 58.4 cm³/mol. The van der Waals surface area contributed by atoms with Crippen molar-refractivity contribution in [1.82, 2.24) is 25.9 Å². The highest BCUT2D eigenvalue weighted by Gasteiger charge is 2.08. The first-order valence-electron chi connectivity index (χ1n) is 5.43. The molecule has 0 unspecified atom stereocenters. The van der Waals surface area contributed by atoms with Crippen LogP contribution in [0.25, 0.3) is 0 Å². The van der Waals surface area contributed by atoms with E-state index >= 15 is 0 Å². The lowest BCUT2D eigenvalue weighted by Crippen LogP contribution is -2.25.